The highest BCUT2D eigenvalue weighted by atomic mass is 16.5. The first-order chi connectivity index (χ1) is 10.0. The van der Waals surface area contributed by atoms with Crippen LogP contribution in [0.25, 0.3) is 0 Å². The largest absolute Gasteiger partial charge is 0.485 e. The quantitative estimate of drug-likeness (QED) is 0.828. The number of hydrogen-bond acceptors (Lipinski definition) is 3. The number of hydrogen-bond donors (Lipinski definition) is 1. The highest BCUT2D eigenvalue weighted by molar-refractivity contribution is 5.36. The van der Waals surface area contributed by atoms with E-state index in [1.807, 2.05) is 12.1 Å². The lowest BCUT2D eigenvalue weighted by molar-refractivity contribution is 0.263. The molecule has 1 N–H and O–H groups in total. The molecule has 0 aliphatic carbocycles. The van der Waals surface area contributed by atoms with Gasteiger partial charge in [-0.25, -0.2) is 0 Å². The lowest BCUT2D eigenvalue weighted by Gasteiger charge is -2.08. The Balaban J connectivity index is 1.86. The van der Waals surface area contributed by atoms with Crippen molar-refractivity contribution >= 4 is 0 Å². The summed E-state index contributed by atoms with van der Waals surface area (Å²) >= 11 is 0. The Morgan fingerprint density at radius 3 is 2.62 bits per heavy atom. The minimum atomic E-state index is 0.467. The molecule has 0 atom stereocenters. The fraction of sp³-hybridized carbons (Fsp3) is 0.444. The second-order valence-electron chi connectivity index (χ2n) is 5.95. The SMILES string of the molecule is Cc1ccc(C)c(OCc2ccc(CNCC(C)C)o2)c1. The Bertz CT molecular complexity index is 572. The molecule has 21 heavy (non-hydrogen) atoms. The molecule has 3 nitrogen and oxygen atoms in total. The zero-order valence-electron chi connectivity index (χ0n) is 13.4. The van der Waals surface area contributed by atoms with Gasteiger partial charge in [-0.1, -0.05) is 26.0 Å². The molecule has 2 rings (SSSR count). The molecule has 0 saturated carbocycles. The molecule has 114 valence electrons. The Hall–Kier alpha value is -1.74. The number of ether oxygens (including phenoxy) is 1. The molecule has 0 radical (unpaired) electrons. The van der Waals surface area contributed by atoms with Gasteiger partial charge in [-0.05, 0) is 55.6 Å². The van der Waals surface area contributed by atoms with E-state index >= 15 is 0 Å². The molecule has 0 aliphatic rings. The summed E-state index contributed by atoms with van der Waals surface area (Å²) in [6.07, 6.45) is 0. The van der Waals surface area contributed by atoms with Crippen LogP contribution in [-0.4, -0.2) is 6.54 Å². The Kier molecular flexibility index (Phi) is 5.45. The molecule has 0 fully saturated rings. The van der Waals surface area contributed by atoms with E-state index in [0.717, 1.165) is 35.9 Å². The summed E-state index contributed by atoms with van der Waals surface area (Å²) in [7, 11) is 0. The lowest BCUT2D eigenvalue weighted by atomic mass is 10.1. The highest BCUT2D eigenvalue weighted by Gasteiger charge is 2.05. The van der Waals surface area contributed by atoms with Crippen molar-refractivity contribution in [2.45, 2.75) is 40.8 Å². The predicted molar refractivity (Wildman–Crippen MR) is 85.5 cm³/mol. The van der Waals surface area contributed by atoms with E-state index in [-0.39, 0.29) is 0 Å². The zero-order valence-corrected chi connectivity index (χ0v) is 13.4. The van der Waals surface area contributed by atoms with Gasteiger partial charge in [-0.3, -0.25) is 0 Å². The minimum absolute atomic E-state index is 0.467. The number of nitrogens with one attached hydrogen (secondary N) is 1. The summed E-state index contributed by atoms with van der Waals surface area (Å²) in [5.41, 5.74) is 2.35. The third-order valence-electron chi connectivity index (χ3n) is 3.28. The molecule has 1 heterocycles. The van der Waals surface area contributed by atoms with Crippen molar-refractivity contribution in [3.8, 4) is 5.75 Å². The molecule has 0 aliphatic heterocycles. The maximum atomic E-state index is 5.85. The topological polar surface area (TPSA) is 34.4 Å². The monoisotopic (exact) mass is 287 g/mol. The van der Waals surface area contributed by atoms with E-state index in [4.69, 9.17) is 9.15 Å². The maximum Gasteiger partial charge on any atom is 0.146 e. The molecule has 0 bridgehead atoms. The molecule has 3 heteroatoms. The number of rotatable bonds is 7. The Morgan fingerprint density at radius 2 is 1.86 bits per heavy atom. The smallest absolute Gasteiger partial charge is 0.146 e. The van der Waals surface area contributed by atoms with E-state index in [2.05, 4.69) is 51.2 Å². The van der Waals surface area contributed by atoms with Crippen LogP contribution in [0.15, 0.2) is 34.7 Å². The number of aryl methyl sites for hydroxylation is 2. The summed E-state index contributed by atoms with van der Waals surface area (Å²) in [6.45, 7) is 10.7. The minimum Gasteiger partial charge on any atom is -0.485 e. The molecular formula is C18H25NO2. The molecule has 0 saturated heterocycles. The molecule has 2 aromatic rings. The van der Waals surface area contributed by atoms with Crippen molar-refractivity contribution < 1.29 is 9.15 Å². The average Bonchev–Trinajstić information content (AvgIpc) is 2.87. The van der Waals surface area contributed by atoms with E-state index in [9.17, 15) is 0 Å². The van der Waals surface area contributed by atoms with Crippen LogP contribution in [-0.2, 0) is 13.2 Å². The van der Waals surface area contributed by atoms with Crippen LogP contribution in [0.3, 0.4) is 0 Å². The van der Waals surface area contributed by atoms with Crippen molar-refractivity contribution in [3.63, 3.8) is 0 Å². The summed E-state index contributed by atoms with van der Waals surface area (Å²) in [5.74, 6) is 3.38. The van der Waals surface area contributed by atoms with Gasteiger partial charge in [0, 0.05) is 0 Å². The highest BCUT2D eigenvalue weighted by Crippen LogP contribution is 2.21. The van der Waals surface area contributed by atoms with Crippen molar-refractivity contribution in [1.29, 1.82) is 0 Å². The van der Waals surface area contributed by atoms with Crippen LogP contribution in [0.4, 0.5) is 0 Å². The second-order valence-corrected chi connectivity index (χ2v) is 5.95. The first-order valence-corrected chi connectivity index (χ1v) is 7.53. The van der Waals surface area contributed by atoms with Crippen LogP contribution in [0, 0.1) is 19.8 Å². The number of benzene rings is 1. The van der Waals surface area contributed by atoms with Crippen molar-refractivity contribution in [2.24, 2.45) is 5.92 Å². The average molecular weight is 287 g/mol. The van der Waals surface area contributed by atoms with Crippen LogP contribution in [0.1, 0.15) is 36.5 Å². The number of furan rings is 1. The maximum absolute atomic E-state index is 5.85. The van der Waals surface area contributed by atoms with Crippen molar-refractivity contribution in [2.75, 3.05) is 6.54 Å². The first kappa shape index (κ1) is 15.6. The molecule has 1 aromatic heterocycles. The summed E-state index contributed by atoms with van der Waals surface area (Å²) in [5, 5.41) is 3.37. The molecule has 1 aromatic carbocycles. The van der Waals surface area contributed by atoms with Gasteiger partial charge in [0.05, 0.1) is 6.54 Å². The fourth-order valence-electron chi connectivity index (χ4n) is 2.09. The van der Waals surface area contributed by atoms with Crippen molar-refractivity contribution in [3.05, 3.63) is 53.0 Å². The summed E-state index contributed by atoms with van der Waals surface area (Å²) < 4.78 is 11.6. The van der Waals surface area contributed by atoms with Gasteiger partial charge in [0.15, 0.2) is 0 Å². The third kappa shape index (κ3) is 4.94. The van der Waals surface area contributed by atoms with Crippen LogP contribution in [0.5, 0.6) is 5.75 Å². The van der Waals surface area contributed by atoms with E-state index in [1.54, 1.807) is 0 Å². The summed E-state index contributed by atoms with van der Waals surface area (Å²) in [4.78, 5) is 0. The lowest BCUT2D eigenvalue weighted by Crippen LogP contribution is -2.18. The van der Waals surface area contributed by atoms with Gasteiger partial charge in [-0.2, -0.15) is 0 Å². The van der Waals surface area contributed by atoms with Gasteiger partial charge in [0.1, 0.15) is 23.9 Å². The second kappa shape index (κ2) is 7.32. The summed E-state index contributed by atoms with van der Waals surface area (Å²) in [6, 6.07) is 10.2. The van der Waals surface area contributed by atoms with Gasteiger partial charge in [-0.15, -0.1) is 0 Å². The molecule has 0 unspecified atom stereocenters. The standard InChI is InChI=1S/C18H25NO2/c1-13(2)10-19-11-16-7-8-17(21-16)12-20-18-9-14(3)5-6-15(18)4/h5-9,13,19H,10-12H2,1-4H3. The fourth-order valence-corrected chi connectivity index (χ4v) is 2.09. The van der Waals surface area contributed by atoms with Gasteiger partial charge in [0.2, 0.25) is 0 Å². The molecular weight excluding hydrogens is 262 g/mol. The van der Waals surface area contributed by atoms with E-state index in [1.165, 1.54) is 5.56 Å². The van der Waals surface area contributed by atoms with E-state index in [0.29, 0.717) is 12.5 Å². The Labute approximate surface area is 127 Å². The first-order valence-electron chi connectivity index (χ1n) is 7.53. The molecule has 0 spiro atoms. The van der Waals surface area contributed by atoms with Gasteiger partial charge in [0.25, 0.3) is 0 Å². The third-order valence-corrected chi connectivity index (χ3v) is 3.28. The van der Waals surface area contributed by atoms with E-state index < -0.39 is 0 Å². The van der Waals surface area contributed by atoms with Crippen LogP contribution in [0.2, 0.25) is 0 Å². The zero-order chi connectivity index (χ0) is 15.2. The van der Waals surface area contributed by atoms with Gasteiger partial charge >= 0.3 is 0 Å². The van der Waals surface area contributed by atoms with Crippen LogP contribution >= 0.6 is 0 Å². The Morgan fingerprint density at radius 1 is 1.10 bits per heavy atom. The molecule has 0 amide bonds. The normalized spacial score (nSPS) is 11.1. The van der Waals surface area contributed by atoms with Crippen LogP contribution < -0.4 is 10.1 Å². The van der Waals surface area contributed by atoms with Crippen molar-refractivity contribution in [1.82, 2.24) is 5.32 Å². The predicted octanol–water partition coefficient (Wildman–Crippen LogP) is 4.22. The van der Waals surface area contributed by atoms with Gasteiger partial charge < -0.3 is 14.5 Å².